The van der Waals surface area contributed by atoms with Gasteiger partial charge in [0, 0.05) is 25.7 Å². The predicted molar refractivity (Wildman–Crippen MR) is 100 cm³/mol. The van der Waals surface area contributed by atoms with E-state index >= 15 is 0 Å². The van der Waals surface area contributed by atoms with Gasteiger partial charge in [0.15, 0.2) is 0 Å². The number of benzene rings is 1. The summed E-state index contributed by atoms with van der Waals surface area (Å²) in [5.41, 5.74) is 3.18. The van der Waals surface area contributed by atoms with E-state index in [0.29, 0.717) is 18.0 Å². The van der Waals surface area contributed by atoms with E-state index in [1.807, 2.05) is 0 Å². The van der Waals surface area contributed by atoms with Gasteiger partial charge in [-0.05, 0) is 63.1 Å². The maximum absolute atomic E-state index is 12.1. The standard InChI is InChI=1S/C21H31N3O/c1-17-4-2-5-18(12-17)13-23-10-3-8-21(15-23)9-11-24(16-21)14-20(25)22-19-6-7-19/h2,4-5,12,19H,3,6-11,13-16H2,1H3,(H,22,25). The smallest absolute Gasteiger partial charge is 0.234 e. The van der Waals surface area contributed by atoms with E-state index in [-0.39, 0.29) is 5.91 Å². The zero-order valence-electron chi connectivity index (χ0n) is 15.5. The minimum absolute atomic E-state index is 0.229. The molecule has 1 amide bonds. The zero-order chi connectivity index (χ0) is 17.3. The van der Waals surface area contributed by atoms with Crippen molar-refractivity contribution in [2.75, 3.05) is 32.7 Å². The quantitative estimate of drug-likeness (QED) is 0.894. The second kappa shape index (κ2) is 7.08. The molecule has 2 saturated heterocycles. The van der Waals surface area contributed by atoms with E-state index in [2.05, 4.69) is 46.3 Å². The summed E-state index contributed by atoms with van der Waals surface area (Å²) in [6.07, 6.45) is 6.19. The van der Waals surface area contributed by atoms with Gasteiger partial charge in [-0.25, -0.2) is 0 Å². The van der Waals surface area contributed by atoms with Gasteiger partial charge < -0.3 is 5.32 Å². The normalized spacial score (nSPS) is 27.7. The summed E-state index contributed by atoms with van der Waals surface area (Å²) in [6.45, 7) is 8.38. The largest absolute Gasteiger partial charge is 0.352 e. The molecule has 4 nitrogen and oxygen atoms in total. The fourth-order valence-electron chi connectivity index (χ4n) is 4.71. The van der Waals surface area contributed by atoms with Crippen molar-refractivity contribution < 1.29 is 4.79 Å². The van der Waals surface area contributed by atoms with E-state index in [1.54, 1.807) is 0 Å². The fraction of sp³-hybridized carbons (Fsp3) is 0.667. The molecule has 1 aliphatic carbocycles. The van der Waals surface area contributed by atoms with Crippen molar-refractivity contribution in [3.63, 3.8) is 0 Å². The molecule has 4 rings (SSSR count). The summed E-state index contributed by atoms with van der Waals surface area (Å²) in [6, 6.07) is 9.37. The van der Waals surface area contributed by atoms with Crippen LogP contribution in [0.2, 0.25) is 0 Å². The first-order valence-corrected chi connectivity index (χ1v) is 9.90. The molecule has 1 N–H and O–H groups in total. The molecule has 1 spiro atoms. The molecule has 1 aromatic carbocycles. The number of nitrogens with one attached hydrogen (secondary N) is 1. The molecular formula is C21H31N3O. The van der Waals surface area contributed by atoms with Crippen LogP contribution in [0.4, 0.5) is 0 Å². The predicted octanol–water partition coefficient (Wildman–Crippen LogP) is 2.56. The number of hydrogen-bond acceptors (Lipinski definition) is 3. The summed E-state index contributed by atoms with van der Waals surface area (Å²) < 4.78 is 0. The third kappa shape index (κ3) is 4.42. The molecule has 1 atom stereocenters. The van der Waals surface area contributed by atoms with Crippen LogP contribution in [0.3, 0.4) is 0 Å². The van der Waals surface area contributed by atoms with E-state index in [4.69, 9.17) is 0 Å². The van der Waals surface area contributed by atoms with Gasteiger partial charge in [-0.2, -0.15) is 0 Å². The first-order valence-electron chi connectivity index (χ1n) is 9.90. The molecule has 1 unspecified atom stereocenters. The molecule has 0 bridgehead atoms. The van der Waals surface area contributed by atoms with E-state index in [9.17, 15) is 4.79 Å². The summed E-state index contributed by atoms with van der Waals surface area (Å²) in [7, 11) is 0. The first-order chi connectivity index (χ1) is 12.1. The lowest BCUT2D eigenvalue weighted by Crippen LogP contribution is -2.45. The van der Waals surface area contributed by atoms with Crippen LogP contribution in [0, 0.1) is 12.3 Å². The van der Waals surface area contributed by atoms with Crippen molar-refractivity contribution in [3.05, 3.63) is 35.4 Å². The molecule has 136 valence electrons. The number of amides is 1. The number of piperidine rings is 1. The van der Waals surface area contributed by atoms with E-state index in [1.165, 1.54) is 56.3 Å². The molecule has 1 saturated carbocycles. The Morgan fingerprint density at radius 1 is 1.20 bits per heavy atom. The number of carbonyl (C=O) groups is 1. The van der Waals surface area contributed by atoms with Crippen molar-refractivity contribution in [2.45, 2.75) is 51.6 Å². The Balaban J connectivity index is 1.31. The number of likely N-dealkylation sites (tertiary alicyclic amines) is 2. The van der Waals surface area contributed by atoms with Crippen LogP contribution in [0.1, 0.15) is 43.2 Å². The highest BCUT2D eigenvalue weighted by Gasteiger charge is 2.41. The van der Waals surface area contributed by atoms with Crippen LogP contribution in [0.15, 0.2) is 24.3 Å². The highest BCUT2D eigenvalue weighted by Crippen LogP contribution is 2.39. The van der Waals surface area contributed by atoms with Crippen LogP contribution in [0.5, 0.6) is 0 Å². The van der Waals surface area contributed by atoms with Crippen LogP contribution in [-0.2, 0) is 11.3 Å². The molecule has 4 heteroatoms. The summed E-state index contributed by atoms with van der Waals surface area (Å²) in [5, 5.41) is 3.13. The fourth-order valence-corrected chi connectivity index (χ4v) is 4.71. The van der Waals surface area contributed by atoms with Crippen LogP contribution in [0.25, 0.3) is 0 Å². The molecule has 0 aromatic heterocycles. The molecule has 3 aliphatic rings. The van der Waals surface area contributed by atoms with Crippen molar-refractivity contribution in [3.8, 4) is 0 Å². The maximum atomic E-state index is 12.1. The zero-order valence-corrected chi connectivity index (χ0v) is 15.5. The first kappa shape index (κ1) is 17.0. The van der Waals surface area contributed by atoms with Gasteiger partial charge in [-0.1, -0.05) is 29.8 Å². The lowest BCUT2D eigenvalue weighted by molar-refractivity contribution is -0.122. The summed E-state index contributed by atoms with van der Waals surface area (Å²) in [5.74, 6) is 0.229. The van der Waals surface area contributed by atoms with E-state index < -0.39 is 0 Å². The Hall–Kier alpha value is -1.39. The Bertz CT molecular complexity index is 627. The van der Waals surface area contributed by atoms with Crippen molar-refractivity contribution in [1.29, 1.82) is 0 Å². The lowest BCUT2D eigenvalue weighted by atomic mass is 9.79. The van der Waals surface area contributed by atoms with Gasteiger partial charge in [0.05, 0.1) is 6.54 Å². The topological polar surface area (TPSA) is 35.6 Å². The maximum Gasteiger partial charge on any atom is 0.234 e. The third-order valence-electron chi connectivity index (χ3n) is 6.06. The average Bonchev–Trinajstić information content (AvgIpc) is 3.29. The van der Waals surface area contributed by atoms with Gasteiger partial charge in [-0.15, -0.1) is 0 Å². The van der Waals surface area contributed by atoms with Crippen molar-refractivity contribution in [2.24, 2.45) is 5.41 Å². The van der Waals surface area contributed by atoms with Gasteiger partial charge in [0.1, 0.15) is 0 Å². The Labute approximate surface area is 151 Å². The van der Waals surface area contributed by atoms with Crippen molar-refractivity contribution in [1.82, 2.24) is 15.1 Å². The number of rotatable bonds is 5. The Morgan fingerprint density at radius 2 is 2.04 bits per heavy atom. The molecule has 25 heavy (non-hydrogen) atoms. The molecule has 2 aliphatic heterocycles. The Kier molecular flexibility index (Phi) is 4.83. The third-order valence-corrected chi connectivity index (χ3v) is 6.06. The van der Waals surface area contributed by atoms with Gasteiger partial charge in [-0.3, -0.25) is 14.6 Å². The number of carbonyl (C=O) groups excluding carboxylic acids is 1. The highest BCUT2D eigenvalue weighted by atomic mass is 16.2. The molecular weight excluding hydrogens is 310 g/mol. The molecule has 2 heterocycles. The monoisotopic (exact) mass is 341 g/mol. The van der Waals surface area contributed by atoms with Gasteiger partial charge in [0.2, 0.25) is 5.91 Å². The van der Waals surface area contributed by atoms with Crippen LogP contribution >= 0.6 is 0 Å². The molecule has 0 radical (unpaired) electrons. The highest BCUT2D eigenvalue weighted by molar-refractivity contribution is 5.78. The van der Waals surface area contributed by atoms with Crippen LogP contribution < -0.4 is 5.32 Å². The minimum Gasteiger partial charge on any atom is -0.352 e. The Morgan fingerprint density at radius 3 is 2.84 bits per heavy atom. The molecule has 3 fully saturated rings. The lowest BCUT2D eigenvalue weighted by Gasteiger charge is -2.40. The second-order valence-electron chi connectivity index (χ2n) is 8.61. The number of aryl methyl sites for hydroxylation is 1. The van der Waals surface area contributed by atoms with Gasteiger partial charge in [0.25, 0.3) is 0 Å². The van der Waals surface area contributed by atoms with Crippen LogP contribution in [-0.4, -0.2) is 54.5 Å². The molecule has 1 aromatic rings. The number of nitrogens with zero attached hydrogens (tertiary/aromatic N) is 2. The van der Waals surface area contributed by atoms with Crippen molar-refractivity contribution >= 4 is 5.91 Å². The average molecular weight is 341 g/mol. The van der Waals surface area contributed by atoms with Gasteiger partial charge >= 0.3 is 0 Å². The second-order valence-corrected chi connectivity index (χ2v) is 8.61. The summed E-state index contributed by atoms with van der Waals surface area (Å²) >= 11 is 0. The number of hydrogen-bond donors (Lipinski definition) is 1. The SMILES string of the molecule is Cc1cccc(CN2CCCC3(CCN(CC(=O)NC4CC4)C3)C2)c1. The minimum atomic E-state index is 0.229. The van der Waals surface area contributed by atoms with E-state index in [0.717, 1.165) is 19.6 Å². The summed E-state index contributed by atoms with van der Waals surface area (Å²) in [4.78, 5) is 17.1.